The summed E-state index contributed by atoms with van der Waals surface area (Å²) in [5, 5.41) is 4.24. The summed E-state index contributed by atoms with van der Waals surface area (Å²) < 4.78 is 34.7. The van der Waals surface area contributed by atoms with Crippen molar-refractivity contribution in [1.29, 1.82) is 0 Å². The monoisotopic (exact) mass is 287 g/mol. The number of aryl methyl sites for hydroxylation is 2. The van der Waals surface area contributed by atoms with Crippen LogP contribution < -0.4 is 4.72 Å². The Morgan fingerprint density at radius 1 is 1.47 bits per heavy atom. The number of aromatic nitrogens is 2. The molecule has 0 aromatic carbocycles. The van der Waals surface area contributed by atoms with E-state index in [4.69, 9.17) is 4.74 Å². The minimum Gasteiger partial charge on any atom is -0.381 e. The van der Waals surface area contributed by atoms with Gasteiger partial charge in [-0.2, -0.15) is 5.10 Å². The second kappa shape index (κ2) is 5.22. The maximum atomic E-state index is 12.6. The summed E-state index contributed by atoms with van der Waals surface area (Å²) in [7, 11) is -1.91. The highest BCUT2D eigenvalue weighted by Crippen LogP contribution is 2.27. The molecule has 0 amide bonds. The summed E-state index contributed by atoms with van der Waals surface area (Å²) in [5.74, 6) is 0. The zero-order valence-corrected chi connectivity index (χ0v) is 12.5. The molecule has 0 bridgehead atoms. The van der Waals surface area contributed by atoms with Crippen molar-refractivity contribution in [3.8, 4) is 0 Å². The highest BCUT2D eigenvalue weighted by Gasteiger charge is 2.36. The Bertz CT molecular complexity index is 525. The van der Waals surface area contributed by atoms with Gasteiger partial charge in [-0.3, -0.25) is 4.68 Å². The van der Waals surface area contributed by atoms with Crippen LogP contribution in [-0.2, 0) is 21.8 Å². The van der Waals surface area contributed by atoms with E-state index in [1.807, 2.05) is 6.92 Å². The molecule has 7 heteroatoms. The Morgan fingerprint density at radius 2 is 2.11 bits per heavy atom. The Morgan fingerprint density at radius 3 is 2.58 bits per heavy atom. The van der Waals surface area contributed by atoms with Crippen LogP contribution in [0.25, 0.3) is 0 Å². The second-order valence-electron chi connectivity index (χ2n) is 5.11. The van der Waals surface area contributed by atoms with Gasteiger partial charge < -0.3 is 4.74 Å². The number of hydrogen-bond acceptors (Lipinski definition) is 4. The largest absolute Gasteiger partial charge is 0.381 e. The molecule has 1 aromatic rings. The fourth-order valence-electron chi connectivity index (χ4n) is 2.55. The molecule has 2 heterocycles. The highest BCUT2D eigenvalue weighted by atomic mass is 32.2. The molecule has 1 saturated heterocycles. The SMILES string of the molecule is CCC1(NS(=O)(=O)c2c(C)cnn2C)CCOCC1. The first-order chi connectivity index (χ1) is 8.90. The smallest absolute Gasteiger partial charge is 0.258 e. The number of ether oxygens (including phenoxy) is 1. The molecule has 0 radical (unpaired) electrons. The summed E-state index contributed by atoms with van der Waals surface area (Å²) >= 11 is 0. The van der Waals surface area contributed by atoms with Crippen molar-refractivity contribution in [2.45, 2.75) is 43.7 Å². The van der Waals surface area contributed by atoms with E-state index in [1.54, 1.807) is 20.2 Å². The number of nitrogens with zero attached hydrogens (tertiary/aromatic N) is 2. The molecule has 1 aromatic heterocycles. The maximum Gasteiger partial charge on any atom is 0.258 e. The lowest BCUT2D eigenvalue weighted by atomic mass is 9.89. The lowest BCUT2D eigenvalue weighted by molar-refractivity contribution is 0.0456. The van der Waals surface area contributed by atoms with Gasteiger partial charge in [0.1, 0.15) is 0 Å². The van der Waals surface area contributed by atoms with E-state index in [0.29, 0.717) is 31.6 Å². The van der Waals surface area contributed by atoms with Crippen LogP contribution in [0, 0.1) is 6.92 Å². The molecule has 0 unspecified atom stereocenters. The minimum absolute atomic E-state index is 0.242. The molecule has 0 aliphatic carbocycles. The van der Waals surface area contributed by atoms with Crippen LogP contribution in [0.3, 0.4) is 0 Å². The first kappa shape index (κ1) is 14.5. The van der Waals surface area contributed by atoms with Crippen molar-refractivity contribution in [3.63, 3.8) is 0 Å². The van der Waals surface area contributed by atoms with Crippen molar-refractivity contribution >= 4 is 10.0 Å². The molecule has 1 fully saturated rings. The Kier molecular flexibility index (Phi) is 3.98. The van der Waals surface area contributed by atoms with E-state index in [2.05, 4.69) is 9.82 Å². The molecule has 0 spiro atoms. The van der Waals surface area contributed by atoms with Gasteiger partial charge in [-0.05, 0) is 26.2 Å². The standard InChI is InChI=1S/C12H21N3O3S/c1-4-12(5-7-18-8-6-12)14-19(16,17)11-10(2)9-13-15(11)3/h9,14H,4-8H2,1-3H3. The second-order valence-corrected chi connectivity index (χ2v) is 6.71. The summed E-state index contributed by atoms with van der Waals surface area (Å²) in [6.45, 7) is 4.95. The molecular weight excluding hydrogens is 266 g/mol. The normalized spacial score (nSPS) is 19.5. The third-order valence-electron chi connectivity index (χ3n) is 3.79. The fraction of sp³-hybridized carbons (Fsp3) is 0.750. The van der Waals surface area contributed by atoms with Gasteiger partial charge in [-0.15, -0.1) is 0 Å². The van der Waals surface area contributed by atoms with Gasteiger partial charge in [0.05, 0.1) is 6.20 Å². The van der Waals surface area contributed by atoms with Gasteiger partial charge in [0, 0.05) is 31.4 Å². The number of nitrogens with one attached hydrogen (secondary N) is 1. The Labute approximate surface area is 114 Å². The first-order valence-corrected chi connectivity index (χ1v) is 7.99. The molecule has 6 nitrogen and oxygen atoms in total. The van der Waals surface area contributed by atoms with Crippen LogP contribution in [0.15, 0.2) is 11.2 Å². The summed E-state index contributed by atoms with van der Waals surface area (Å²) in [6, 6.07) is 0. The van der Waals surface area contributed by atoms with Gasteiger partial charge in [0.2, 0.25) is 0 Å². The van der Waals surface area contributed by atoms with Crippen molar-refractivity contribution in [2.24, 2.45) is 7.05 Å². The van der Waals surface area contributed by atoms with E-state index in [1.165, 1.54) is 4.68 Å². The molecule has 0 saturated carbocycles. The Balaban J connectivity index is 2.30. The van der Waals surface area contributed by atoms with Crippen molar-refractivity contribution in [3.05, 3.63) is 11.8 Å². The third kappa shape index (κ3) is 2.82. The van der Waals surface area contributed by atoms with Crippen LogP contribution in [-0.4, -0.2) is 37.0 Å². The van der Waals surface area contributed by atoms with Crippen LogP contribution in [0.4, 0.5) is 0 Å². The molecular formula is C12H21N3O3S. The minimum atomic E-state index is -3.55. The van der Waals surface area contributed by atoms with E-state index in [0.717, 1.165) is 6.42 Å². The van der Waals surface area contributed by atoms with Gasteiger partial charge in [0.15, 0.2) is 5.03 Å². The first-order valence-electron chi connectivity index (χ1n) is 6.50. The topological polar surface area (TPSA) is 73.2 Å². The molecule has 2 rings (SSSR count). The van der Waals surface area contributed by atoms with Gasteiger partial charge >= 0.3 is 0 Å². The van der Waals surface area contributed by atoms with E-state index < -0.39 is 15.6 Å². The highest BCUT2D eigenvalue weighted by molar-refractivity contribution is 7.89. The Hall–Kier alpha value is -0.920. The lowest BCUT2D eigenvalue weighted by Crippen LogP contribution is -2.51. The molecule has 108 valence electrons. The number of hydrogen-bond donors (Lipinski definition) is 1. The van der Waals surface area contributed by atoms with Crippen LogP contribution >= 0.6 is 0 Å². The number of rotatable bonds is 4. The quantitative estimate of drug-likeness (QED) is 0.895. The zero-order valence-electron chi connectivity index (χ0n) is 11.6. The van der Waals surface area contributed by atoms with Crippen molar-refractivity contribution in [1.82, 2.24) is 14.5 Å². The van der Waals surface area contributed by atoms with Gasteiger partial charge in [-0.25, -0.2) is 13.1 Å². The average Bonchev–Trinajstić information content (AvgIpc) is 2.70. The molecule has 1 aliphatic rings. The third-order valence-corrected chi connectivity index (χ3v) is 5.58. The number of sulfonamides is 1. The average molecular weight is 287 g/mol. The summed E-state index contributed by atoms with van der Waals surface area (Å²) in [4.78, 5) is 0. The molecule has 1 N–H and O–H groups in total. The van der Waals surface area contributed by atoms with Crippen LogP contribution in [0.2, 0.25) is 0 Å². The molecule has 19 heavy (non-hydrogen) atoms. The van der Waals surface area contributed by atoms with E-state index in [9.17, 15) is 8.42 Å². The molecule has 0 atom stereocenters. The van der Waals surface area contributed by atoms with Crippen molar-refractivity contribution in [2.75, 3.05) is 13.2 Å². The fourth-order valence-corrected chi connectivity index (χ4v) is 4.43. The van der Waals surface area contributed by atoms with Gasteiger partial charge in [0.25, 0.3) is 10.0 Å². The lowest BCUT2D eigenvalue weighted by Gasteiger charge is -2.36. The zero-order chi connectivity index (χ0) is 14.1. The summed E-state index contributed by atoms with van der Waals surface area (Å²) in [6.07, 6.45) is 3.74. The van der Waals surface area contributed by atoms with E-state index in [-0.39, 0.29) is 5.03 Å². The van der Waals surface area contributed by atoms with Crippen molar-refractivity contribution < 1.29 is 13.2 Å². The molecule has 1 aliphatic heterocycles. The maximum absolute atomic E-state index is 12.6. The predicted molar refractivity (Wildman–Crippen MR) is 71.3 cm³/mol. The van der Waals surface area contributed by atoms with Crippen LogP contribution in [0.5, 0.6) is 0 Å². The predicted octanol–water partition coefficient (Wildman–Crippen LogP) is 0.966. The summed E-state index contributed by atoms with van der Waals surface area (Å²) in [5.41, 5.74) is 0.265. The van der Waals surface area contributed by atoms with E-state index >= 15 is 0 Å². The van der Waals surface area contributed by atoms with Gasteiger partial charge in [-0.1, -0.05) is 6.92 Å². The van der Waals surface area contributed by atoms with Crippen LogP contribution in [0.1, 0.15) is 31.7 Å².